The number of pyridine rings is 1. The zero-order valence-corrected chi connectivity index (χ0v) is 16.8. The SMILES string of the molecule is O=C(O)CC1=CC2C=CC(OCCCNc3ccccn3)=CC2Cc2ccccc21. The first-order valence-corrected chi connectivity index (χ1v) is 10.4. The summed E-state index contributed by atoms with van der Waals surface area (Å²) >= 11 is 0. The minimum atomic E-state index is -0.798. The van der Waals surface area contributed by atoms with Crippen LogP contribution in [0.5, 0.6) is 0 Å². The summed E-state index contributed by atoms with van der Waals surface area (Å²) < 4.78 is 5.99. The smallest absolute Gasteiger partial charge is 0.307 e. The topological polar surface area (TPSA) is 71.5 Å². The van der Waals surface area contributed by atoms with E-state index in [2.05, 4.69) is 34.6 Å². The summed E-state index contributed by atoms with van der Waals surface area (Å²) in [5.74, 6) is 1.42. The Balaban J connectivity index is 1.38. The maximum Gasteiger partial charge on any atom is 0.307 e. The molecule has 5 nitrogen and oxygen atoms in total. The van der Waals surface area contributed by atoms with E-state index in [1.807, 2.05) is 42.5 Å². The summed E-state index contributed by atoms with van der Waals surface area (Å²) in [6.07, 6.45) is 12.0. The number of aromatic nitrogens is 1. The molecule has 30 heavy (non-hydrogen) atoms. The monoisotopic (exact) mass is 402 g/mol. The van der Waals surface area contributed by atoms with E-state index >= 15 is 0 Å². The van der Waals surface area contributed by atoms with Gasteiger partial charge in [0.2, 0.25) is 0 Å². The number of ether oxygens (including phenoxy) is 1. The molecule has 5 heteroatoms. The predicted molar refractivity (Wildman–Crippen MR) is 118 cm³/mol. The molecule has 2 N–H and O–H groups in total. The Kier molecular flexibility index (Phi) is 6.28. The highest BCUT2D eigenvalue weighted by Gasteiger charge is 2.26. The lowest BCUT2D eigenvalue weighted by Crippen LogP contribution is -2.15. The Bertz CT molecular complexity index is 979. The largest absolute Gasteiger partial charge is 0.494 e. The molecule has 0 saturated heterocycles. The van der Waals surface area contributed by atoms with Crippen LogP contribution in [0.2, 0.25) is 0 Å². The van der Waals surface area contributed by atoms with E-state index in [9.17, 15) is 9.90 Å². The summed E-state index contributed by atoms with van der Waals surface area (Å²) in [6.45, 7) is 1.43. The van der Waals surface area contributed by atoms with Crippen molar-refractivity contribution in [2.75, 3.05) is 18.5 Å². The van der Waals surface area contributed by atoms with Gasteiger partial charge in [-0.1, -0.05) is 42.5 Å². The van der Waals surface area contributed by atoms with Crippen LogP contribution >= 0.6 is 0 Å². The van der Waals surface area contributed by atoms with Crippen molar-refractivity contribution in [1.82, 2.24) is 4.98 Å². The zero-order valence-electron chi connectivity index (χ0n) is 16.8. The summed E-state index contributed by atoms with van der Waals surface area (Å²) in [5, 5.41) is 12.6. The molecule has 0 amide bonds. The number of carboxylic acid groups (broad SMARTS) is 1. The van der Waals surface area contributed by atoms with Crippen LogP contribution in [0.25, 0.3) is 5.57 Å². The van der Waals surface area contributed by atoms with Gasteiger partial charge in [-0.2, -0.15) is 0 Å². The number of rotatable bonds is 8. The number of benzene rings is 1. The van der Waals surface area contributed by atoms with Gasteiger partial charge in [0.15, 0.2) is 0 Å². The molecular formula is C25H26N2O3. The van der Waals surface area contributed by atoms with Crippen LogP contribution < -0.4 is 5.32 Å². The lowest BCUT2D eigenvalue weighted by atomic mass is 9.84. The van der Waals surface area contributed by atoms with Crippen LogP contribution in [0.4, 0.5) is 5.82 Å². The standard InChI is InChI=1S/C25H26N2O3/c28-25(29)17-21-14-18-9-10-22(16-20(18)15-19-6-1-2-7-23(19)21)30-13-5-12-27-24-8-3-4-11-26-24/h1-4,6-11,14,16,18,20H,5,12-13,15,17H2,(H,26,27)(H,28,29). The van der Waals surface area contributed by atoms with Crippen molar-refractivity contribution < 1.29 is 14.6 Å². The average Bonchev–Trinajstić information content (AvgIpc) is 2.90. The van der Waals surface area contributed by atoms with Gasteiger partial charge in [0.05, 0.1) is 13.0 Å². The van der Waals surface area contributed by atoms with Gasteiger partial charge in [0, 0.05) is 18.7 Å². The molecule has 2 aliphatic rings. The van der Waals surface area contributed by atoms with E-state index in [-0.39, 0.29) is 18.3 Å². The molecule has 1 aromatic heterocycles. The fourth-order valence-electron chi connectivity index (χ4n) is 4.05. The maximum absolute atomic E-state index is 11.4. The molecule has 1 aromatic carbocycles. The molecule has 0 spiro atoms. The van der Waals surface area contributed by atoms with Crippen molar-refractivity contribution in [2.24, 2.45) is 11.8 Å². The first-order valence-electron chi connectivity index (χ1n) is 10.4. The van der Waals surface area contributed by atoms with Crippen molar-refractivity contribution in [3.8, 4) is 0 Å². The van der Waals surface area contributed by atoms with Gasteiger partial charge in [-0.25, -0.2) is 4.98 Å². The van der Waals surface area contributed by atoms with Gasteiger partial charge in [0.1, 0.15) is 11.6 Å². The highest BCUT2D eigenvalue weighted by atomic mass is 16.5. The van der Waals surface area contributed by atoms with Crippen LogP contribution in [0, 0.1) is 11.8 Å². The highest BCUT2D eigenvalue weighted by molar-refractivity contribution is 5.85. The van der Waals surface area contributed by atoms with Crippen LogP contribution in [0.3, 0.4) is 0 Å². The van der Waals surface area contributed by atoms with Gasteiger partial charge in [-0.15, -0.1) is 0 Å². The van der Waals surface area contributed by atoms with Crippen molar-refractivity contribution in [3.05, 3.63) is 89.9 Å². The zero-order chi connectivity index (χ0) is 20.8. The molecule has 0 radical (unpaired) electrons. The molecule has 2 aromatic rings. The third-order valence-corrected chi connectivity index (χ3v) is 5.47. The number of aliphatic carboxylic acids is 1. The molecule has 2 unspecified atom stereocenters. The Morgan fingerprint density at radius 3 is 2.87 bits per heavy atom. The lowest BCUT2D eigenvalue weighted by molar-refractivity contribution is -0.135. The molecule has 4 rings (SSSR count). The third kappa shape index (κ3) is 4.98. The second-order valence-electron chi connectivity index (χ2n) is 7.64. The van der Waals surface area contributed by atoms with Gasteiger partial charge in [-0.05, 0) is 59.7 Å². The van der Waals surface area contributed by atoms with Crippen molar-refractivity contribution in [2.45, 2.75) is 19.3 Å². The van der Waals surface area contributed by atoms with E-state index in [0.29, 0.717) is 6.61 Å². The van der Waals surface area contributed by atoms with E-state index < -0.39 is 5.97 Å². The normalized spacial score (nSPS) is 19.6. The molecule has 0 fully saturated rings. The number of anilines is 1. The molecule has 2 atom stereocenters. The molecule has 2 aliphatic carbocycles. The number of carboxylic acids is 1. The quantitative estimate of drug-likeness (QED) is 0.626. The summed E-state index contributed by atoms with van der Waals surface area (Å²) in [7, 11) is 0. The predicted octanol–water partition coefficient (Wildman–Crippen LogP) is 4.70. The van der Waals surface area contributed by atoms with Gasteiger partial charge in [-0.3, -0.25) is 4.79 Å². The third-order valence-electron chi connectivity index (χ3n) is 5.47. The second-order valence-corrected chi connectivity index (χ2v) is 7.64. The van der Waals surface area contributed by atoms with E-state index in [4.69, 9.17) is 4.74 Å². The first kappa shape index (κ1) is 20.0. The molecular weight excluding hydrogens is 376 g/mol. The maximum atomic E-state index is 11.4. The number of hydrogen-bond acceptors (Lipinski definition) is 4. The summed E-state index contributed by atoms with van der Waals surface area (Å²) in [4.78, 5) is 15.6. The fraction of sp³-hybridized carbons (Fsp3) is 0.280. The van der Waals surface area contributed by atoms with Gasteiger partial charge in [0.25, 0.3) is 0 Å². The van der Waals surface area contributed by atoms with Crippen molar-refractivity contribution >= 4 is 17.4 Å². The summed E-state index contributed by atoms with van der Waals surface area (Å²) in [6, 6.07) is 13.9. The Labute approximate surface area is 176 Å². The van der Waals surface area contributed by atoms with E-state index in [0.717, 1.165) is 42.1 Å². The van der Waals surface area contributed by atoms with Crippen molar-refractivity contribution in [3.63, 3.8) is 0 Å². The average molecular weight is 402 g/mol. The number of nitrogens with one attached hydrogen (secondary N) is 1. The van der Waals surface area contributed by atoms with Crippen LogP contribution in [-0.4, -0.2) is 29.2 Å². The molecule has 1 heterocycles. The lowest BCUT2D eigenvalue weighted by Gasteiger charge is -2.23. The first-order chi connectivity index (χ1) is 14.7. The van der Waals surface area contributed by atoms with Crippen molar-refractivity contribution in [1.29, 1.82) is 0 Å². The Hall–Kier alpha value is -3.34. The fourth-order valence-corrected chi connectivity index (χ4v) is 4.05. The Morgan fingerprint density at radius 1 is 1.17 bits per heavy atom. The highest BCUT2D eigenvalue weighted by Crippen LogP contribution is 2.37. The summed E-state index contributed by atoms with van der Waals surface area (Å²) in [5.41, 5.74) is 3.15. The number of nitrogens with zero attached hydrogens (tertiary/aromatic N) is 1. The molecule has 0 saturated carbocycles. The van der Waals surface area contributed by atoms with Gasteiger partial charge >= 0.3 is 5.97 Å². The number of carbonyl (C=O) groups is 1. The number of allylic oxidation sites excluding steroid dienone is 4. The number of hydrogen-bond donors (Lipinski definition) is 2. The van der Waals surface area contributed by atoms with Crippen LogP contribution in [0.1, 0.15) is 24.0 Å². The minimum absolute atomic E-state index is 0.0460. The minimum Gasteiger partial charge on any atom is -0.494 e. The number of fused-ring (bicyclic) bond motifs is 2. The Morgan fingerprint density at radius 2 is 2.03 bits per heavy atom. The molecule has 0 aliphatic heterocycles. The van der Waals surface area contributed by atoms with Gasteiger partial charge < -0.3 is 15.2 Å². The second kappa shape index (κ2) is 9.44. The van der Waals surface area contributed by atoms with E-state index in [1.165, 1.54) is 5.56 Å². The van der Waals surface area contributed by atoms with Crippen LogP contribution in [-0.2, 0) is 16.0 Å². The van der Waals surface area contributed by atoms with E-state index in [1.54, 1.807) is 6.20 Å². The molecule has 154 valence electrons. The van der Waals surface area contributed by atoms with Crippen LogP contribution in [0.15, 0.2) is 78.7 Å². The molecule has 0 bridgehead atoms.